The second kappa shape index (κ2) is 6.66. The number of rotatable bonds is 3. The van der Waals surface area contributed by atoms with Gasteiger partial charge in [0.2, 0.25) is 0 Å². The molecule has 4 aliphatic carbocycles. The largest absolute Gasteiger partial charge is 0.390 e. The van der Waals surface area contributed by atoms with Crippen molar-refractivity contribution in [2.75, 3.05) is 6.61 Å². The Kier molecular flexibility index (Phi) is 4.82. The third-order valence-corrected chi connectivity index (χ3v) is 9.22. The lowest BCUT2D eigenvalue weighted by atomic mass is 9.44. The van der Waals surface area contributed by atoms with Crippen LogP contribution in [0.4, 0.5) is 0 Å². The van der Waals surface area contributed by atoms with Crippen molar-refractivity contribution in [3.63, 3.8) is 0 Å². The van der Waals surface area contributed by atoms with E-state index in [0.29, 0.717) is 36.6 Å². The van der Waals surface area contributed by atoms with E-state index in [2.05, 4.69) is 13.8 Å². The molecule has 152 valence electrons. The molecule has 9 atom stereocenters. The van der Waals surface area contributed by atoms with Crippen LogP contribution in [0.5, 0.6) is 0 Å². The van der Waals surface area contributed by atoms with Gasteiger partial charge in [0, 0.05) is 24.9 Å². The van der Waals surface area contributed by atoms with E-state index in [9.17, 15) is 14.7 Å². The molecular formula is C23H36O4. The average molecular weight is 377 g/mol. The van der Waals surface area contributed by atoms with Crippen molar-refractivity contribution in [3.8, 4) is 0 Å². The van der Waals surface area contributed by atoms with Crippen LogP contribution in [0.3, 0.4) is 0 Å². The smallest absolute Gasteiger partial charge is 0.137 e. The summed E-state index contributed by atoms with van der Waals surface area (Å²) in [5.74, 6) is 2.08. The van der Waals surface area contributed by atoms with Crippen LogP contribution in [0.25, 0.3) is 0 Å². The third kappa shape index (κ3) is 2.77. The van der Waals surface area contributed by atoms with E-state index in [1.165, 1.54) is 0 Å². The Hall–Kier alpha value is -0.740. The van der Waals surface area contributed by atoms with Gasteiger partial charge in [0.1, 0.15) is 11.6 Å². The first-order valence-corrected chi connectivity index (χ1v) is 11.0. The molecule has 4 heteroatoms. The normalized spacial score (nSPS) is 52.0. The molecule has 0 heterocycles. The van der Waals surface area contributed by atoms with Gasteiger partial charge >= 0.3 is 0 Å². The fourth-order valence-corrected chi connectivity index (χ4v) is 8.13. The molecule has 0 radical (unpaired) electrons. The van der Waals surface area contributed by atoms with Crippen LogP contribution in [0.15, 0.2) is 0 Å². The number of aliphatic hydroxyl groups excluding tert-OH is 1. The Bertz CT molecular complexity index is 630. The summed E-state index contributed by atoms with van der Waals surface area (Å²) in [6.07, 6.45) is 5.77. The zero-order valence-electron chi connectivity index (χ0n) is 17.4. The molecule has 0 unspecified atom stereocenters. The van der Waals surface area contributed by atoms with Crippen molar-refractivity contribution >= 4 is 11.6 Å². The number of aliphatic hydroxyl groups is 1. The molecule has 27 heavy (non-hydrogen) atoms. The monoisotopic (exact) mass is 376 g/mol. The van der Waals surface area contributed by atoms with E-state index in [-0.39, 0.29) is 34.6 Å². The second-order valence-corrected chi connectivity index (χ2v) is 10.4. The zero-order valence-corrected chi connectivity index (χ0v) is 17.4. The Morgan fingerprint density at radius 3 is 2.59 bits per heavy atom. The van der Waals surface area contributed by atoms with E-state index in [1.807, 2.05) is 6.92 Å². The maximum absolute atomic E-state index is 13.5. The molecule has 0 aromatic carbocycles. The number of hydrogen-bond donors (Lipinski definition) is 1. The summed E-state index contributed by atoms with van der Waals surface area (Å²) in [6.45, 7) is 8.80. The highest BCUT2D eigenvalue weighted by atomic mass is 16.5. The summed E-state index contributed by atoms with van der Waals surface area (Å²) in [5.41, 5.74) is -0.213. The topological polar surface area (TPSA) is 63.6 Å². The molecule has 0 aromatic rings. The van der Waals surface area contributed by atoms with Crippen molar-refractivity contribution < 1.29 is 19.4 Å². The Morgan fingerprint density at radius 2 is 1.93 bits per heavy atom. The summed E-state index contributed by atoms with van der Waals surface area (Å²) in [4.78, 5) is 25.8. The van der Waals surface area contributed by atoms with Crippen molar-refractivity contribution in [1.29, 1.82) is 0 Å². The minimum atomic E-state index is -0.405. The number of carbonyl (C=O) groups is 2. The number of ketones is 2. The molecule has 0 aliphatic heterocycles. The van der Waals surface area contributed by atoms with E-state index in [4.69, 9.17) is 4.74 Å². The predicted molar refractivity (Wildman–Crippen MR) is 103 cm³/mol. The molecule has 0 amide bonds. The number of Topliss-reactive ketones (excluding diaryl/α,β-unsaturated/α-hetero) is 2. The molecule has 4 rings (SSSR count). The summed E-state index contributed by atoms with van der Waals surface area (Å²) in [7, 11) is 0. The van der Waals surface area contributed by atoms with Gasteiger partial charge in [-0.3, -0.25) is 9.59 Å². The molecule has 0 bridgehead atoms. The average Bonchev–Trinajstić information content (AvgIpc) is 2.92. The molecular weight excluding hydrogens is 340 g/mol. The van der Waals surface area contributed by atoms with Gasteiger partial charge in [0.15, 0.2) is 0 Å². The minimum Gasteiger partial charge on any atom is -0.390 e. The zero-order chi connectivity index (χ0) is 19.6. The minimum absolute atomic E-state index is 0.0577. The lowest BCUT2D eigenvalue weighted by Crippen LogP contribution is -2.60. The van der Waals surface area contributed by atoms with Crippen molar-refractivity contribution in [3.05, 3.63) is 0 Å². The van der Waals surface area contributed by atoms with Crippen LogP contribution >= 0.6 is 0 Å². The molecule has 4 aliphatic rings. The van der Waals surface area contributed by atoms with Crippen LogP contribution in [-0.4, -0.2) is 35.5 Å². The number of carbonyl (C=O) groups excluding carboxylic acids is 2. The molecule has 1 N–H and O–H groups in total. The highest BCUT2D eigenvalue weighted by Crippen LogP contribution is 2.66. The highest BCUT2D eigenvalue weighted by Gasteiger charge is 2.64. The standard InChI is InChI=1S/C23H36O4/c1-5-27-20-12-22(3)14(10-18(20)25)6-7-15-17-9-8-16(13(2)24)23(17,4)11-19(26)21(15)22/h14-18,20-21,25H,5-12H2,1-4H3/t14-,15-,16+,17-,18-,20-,21+,22-,23+/m0/s1. The quantitative estimate of drug-likeness (QED) is 0.814. The van der Waals surface area contributed by atoms with E-state index >= 15 is 0 Å². The summed E-state index contributed by atoms with van der Waals surface area (Å²) in [6, 6.07) is 0. The van der Waals surface area contributed by atoms with Crippen LogP contribution < -0.4 is 0 Å². The first-order chi connectivity index (χ1) is 12.7. The third-order valence-electron chi connectivity index (χ3n) is 9.22. The van der Waals surface area contributed by atoms with E-state index < -0.39 is 6.10 Å². The lowest BCUT2D eigenvalue weighted by molar-refractivity contribution is -0.179. The van der Waals surface area contributed by atoms with Crippen molar-refractivity contribution in [2.45, 2.75) is 84.8 Å². The van der Waals surface area contributed by atoms with Gasteiger partial charge in [0.05, 0.1) is 12.2 Å². The summed E-state index contributed by atoms with van der Waals surface area (Å²) >= 11 is 0. The SMILES string of the molecule is CCO[C@H]1C[C@@]2(C)[C@@H](CC[C@H]3[C@@H]4CC[C@H](C(C)=O)[C@@]4(C)CC(=O)[C@@H]32)C[C@@H]1O. The molecule has 4 saturated carbocycles. The van der Waals surface area contributed by atoms with Crippen molar-refractivity contribution in [1.82, 2.24) is 0 Å². The number of hydrogen-bond acceptors (Lipinski definition) is 4. The van der Waals surface area contributed by atoms with Crippen molar-refractivity contribution in [2.24, 2.45) is 40.4 Å². The molecule has 0 saturated heterocycles. The van der Waals surface area contributed by atoms with Gasteiger partial charge in [-0.2, -0.15) is 0 Å². The first kappa shape index (κ1) is 19.6. The van der Waals surface area contributed by atoms with Gasteiger partial charge in [-0.25, -0.2) is 0 Å². The van der Waals surface area contributed by atoms with Gasteiger partial charge in [-0.05, 0) is 81.0 Å². The lowest BCUT2D eigenvalue weighted by Gasteiger charge is -2.60. The fourth-order valence-electron chi connectivity index (χ4n) is 8.13. The van der Waals surface area contributed by atoms with Crippen LogP contribution in [0.2, 0.25) is 0 Å². The predicted octanol–water partition coefficient (Wildman–Crippen LogP) is 3.79. The Labute approximate surface area is 163 Å². The van der Waals surface area contributed by atoms with Gasteiger partial charge in [-0.1, -0.05) is 13.8 Å². The van der Waals surface area contributed by atoms with Crippen LogP contribution in [-0.2, 0) is 14.3 Å². The molecule has 0 spiro atoms. The Balaban J connectivity index is 1.66. The Morgan fingerprint density at radius 1 is 1.19 bits per heavy atom. The molecule has 4 nitrogen and oxygen atoms in total. The second-order valence-electron chi connectivity index (χ2n) is 10.4. The summed E-state index contributed by atoms with van der Waals surface area (Å²) < 4.78 is 5.87. The highest BCUT2D eigenvalue weighted by molar-refractivity contribution is 5.87. The van der Waals surface area contributed by atoms with Gasteiger partial charge in [0.25, 0.3) is 0 Å². The number of ether oxygens (including phenoxy) is 1. The first-order valence-electron chi connectivity index (χ1n) is 11.0. The fraction of sp³-hybridized carbons (Fsp3) is 0.913. The summed E-state index contributed by atoms with van der Waals surface area (Å²) in [5, 5.41) is 10.6. The molecule has 0 aromatic heterocycles. The van der Waals surface area contributed by atoms with Crippen LogP contribution in [0, 0.1) is 40.4 Å². The van der Waals surface area contributed by atoms with E-state index in [1.54, 1.807) is 6.92 Å². The number of fused-ring (bicyclic) bond motifs is 5. The van der Waals surface area contributed by atoms with Crippen LogP contribution in [0.1, 0.15) is 72.6 Å². The maximum atomic E-state index is 13.5. The van der Waals surface area contributed by atoms with Gasteiger partial charge in [-0.15, -0.1) is 0 Å². The van der Waals surface area contributed by atoms with Gasteiger partial charge < -0.3 is 9.84 Å². The molecule has 4 fully saturated rings. The van der Waals surface area contributed by atoms with E-state index in [0.717, 1.165) is 38.5 Å². The maximum Gasteiger partial charge on any atom is 0.137 e.